The van der Waals surface area contributed by atoms with Crippen LogP contribution in [0.15, 0.2) is 5.16 Å². The van der Waals surface area contributed by atoms with Gasteiger partial charge in [0, 0.05) is 23.1 Å². The molecule has 0 unspecified atom stereocenters. The number of unbranched alkanes of at least 4 members (excludes halogenated alkanes) is 5. The minimum absolute atomic E-state index is 0.0809. The molecule has 1 aliphatic rings. The molecule has 1 aromatic rings. The molecule has 7 heteroatoms. The van der Waals surface area contributed by atoms with Crippen molar-refractivity contribution >= 4 is 19.7 Å². The summed E-state index contributed by atoms with van der Waals surface area (Å²) in [7, 11) is 1.62. The number of aryl methyl sites for hydroxylation is 1. The van der Waals surface area contributed by atoms with Gasteiger partial charge in [0.1, 0.15) is 5.82 Å². The maximum absolute atomic E-state index is 11.5. The van der Waals surface area contributed by atoms with Crippen LogP contribution in [0.3, 0.4) is 0 Å². The lowest BCUT2D eigenvalue weighted by Crippen LogP contribution is -2.08. The van der Waals surface area contributed by atoms with Crippen molar-refractivity contribution in [2.75, 3.05) is 0 Å². The Morgan fingerprint density at radius 1 is 1.15 bits per heavy atom. The average molecular weight is 320 g/mol. The summed E-state index contributed by atoms with van der Waals surface area (Å²) in [5.41, 5.74) is 0. The summed E-state index contributed by atoms with van der Waals surface area (Å²) in [6.45, 7) is 2.20. The molecule has 1 aliphatic carbocycles. The Morgan fingerprint density at radius 3 is 2.40 bits per heavy atom. The lowest BCUT2D eigenvalue weighted by molar-refractivity contribution is 0.555. The third kappa shape index (κ3) is 4.19. The first-order valence-electron chi connectivity index (χ1n) is 7.42. The normalized spacial score (nSPS) is 15.7. The van der Waals surface area contributed by atoms with Crippen LogP contribution in [0.25, 0.3) is 0 Å². The van der Waals surface area contributed by atoms with Gasteiger partial charge in [-0.25, -0.2) is 8.42 Å². The van der Waals surface area contributed by atoms with Crippen LogP contribution < -0.4 is 0 Å². The molecule has 1 fully saturated rings. The highest BCUT2D eigenvalue weighted by Gasteiger charge is 2.33. The molecule has 1 heterocycles. The SMILES string of the molecule is CCCCCCCCc1nnc(S(=O)(=O)Cl)n1C1CC1. The zero-order valence-electron chi connectivity index (χ0n) is 11.9. The van der Waals surface area contributed by atoms with Crippen LogP contribution in [0.1, 0.15) is 70.2 Å². The molecule has 114 valence electrons. The summed E-state index contributed by atoms with van der Waals surface area (Å²) in [5.74, 6) is 0.766. The first-order chi connectivity index (χ1) is 9.54. The standard InChI is InChI=1S/C13H22ClN3O2S/c1-2-3-4-5-6-7-8-12-15-16-13(20(14,18)19)17(12)11-9-10-11/h11H,2-10H2,1H3. The van der Waals surface area contributed by atoms with Gasteiger partial charge >= 0.3 is 0 Å². The molecule has 0 N–H and O–H groups in total. The lowest BCUT2D eigenvalue weighted by atomic mass is 10.1. The zero-order chi connectivity index (χ0) is 14.6. The lowest BCUT2D eigenvalue weighted by Gasteiger charge is -2.07. The van der Waals surface area contributed by atoms with Crippen molar-refractivity contribution < 1.29 is 8.42 Å². The predicted octanol–water partition coefficient (Wildman–Crippen LogP) is 3.44. The van der Waals surface area contributed by atoms with Gasteiger partial charge in [0.25, 0.3) is 14.2 Å². The van der Waals surface area contributed by atoms with Crippen molar-refractivity contribution in [3.05, 3.63) is 5.82 Å². The van der Waals surface area contributed by atoms with Crippen LogP contribution >= 0.6 is 10.7 Å². The van der Waals surface area contributed by atoms with E-state index < -0.39 is 9.05 Å². The molecule has 0 spiro atoms. The second-order valence-electron chi connectivity index (χ2n) is 5.46. The maximum atomic E-state index is 11.5. The fourth-order valence-corrected chi connectivity index (χ4v) is 3.35. The van der Waals surface area contributed by atoms with E-state index in [9.17, 15) is 8.42 Å². The third-order valence-electron chi connectivity index (χ3n) is 3.62. The number of halogens is 1. The second-order valence-corrected chi connectivity index (χ2v) is 7.92. The van der Waals surface area contributed by atoms with Gasteiger partial charge in [-0.05, 0) is 19.3 Å². The van der Waals surface area contributed by atoms with Crippen molar-refractivity contribution in [1.29, 1.82) is 0 Å². The van der Waals surface area contributed by atoms with E-state index in [1.54, 1.807) is 4.57 Å². The zero-order valence-corrected chi connectivity index (χ0v) is 13.5. The molecule has 0 bridgehead atoms. The number of rotatable bonds is 9. The molecule has 1 aromatic heterocycles. The van der Waals surface area contributed by atoms with Crippen LogP contribution in [-0.2, 0) is 15.5 Å². The fraction of sp³-hybridized carbons (Fsp3) is 0.846. The van der Waals surface area contributed by atoms with E-state index in [0.717, 1.165) is 37.9 Å². The highest BCUT2D eigenvalue weighted by molar-refractivity contribution is 8.13. The van der Waals surface area contributed by atoms with E-state index in [4.69, 9.17) is 10.7 Å². The highest BCUT2D eigenvalue weighted by Crippen LogP contribution is 2.38. The fourth-order valence-electron chi connectivity index (χ4n) is 2.41. The van der Waals surface area contributed by atoms with Crippen LogP contribution in [-0.4, -0.2) is 23.2 Å². The van der Waals surface area contributed by atoms with Crippen molar-refractivity contribution in [2.24, 2.45) is 0 Å². The number of nitrogens with zero attached hydrogens (tertiary/aromatic N) is 3. The van der Waals surface area contributed by atoms with Crippen molar-refractivity contribution in [3.8, 4) is 0 Å². The van der Waals surface area contributed by atoms with E-state index >= 15 is 0 Å². The highest BCUT2D eigenvalue weighted by atomic mass is 35.7. The Morgan fingerprint density at radius 2 is 1.80 bits per heavy atom. The van der Waals surface area contributed by atoms with Crippen LogP contribution in [0, 0.1) is 0 Å². The van der Waals surface area contributed by atoms with Gasteiger partial charge in [0.15, 0.2) is 0 Å². The van der Waals surface area contributed by atoms with Gasteiger partial charge < -0.3 is 0 Å². The summed E-state index contributed by atoms with van der Waals surface area (Å²) in [6.07, 6.45) is 9.96. The summed E-state index contributed by atoms with van der Waals surface area (Å²) < 4.78 is 24.7. The largest absolute Gasteiger partial charge is 0.298 e. The molecule has 0 radical (unpaired) electrons. The van der Waals surface area contributed by atoms with Crippen LogP contribution in [0.5, 0.6) is 0 Å². The first-order valence-corrected chi connectivity index (χ1v) is 9.73. The molecule has 0 aromatic carbocycles. The van der Waals surface area contributed by atoms with Gasteiger partial charge in [-0.2, -0.15) is 0 Å². The number of hydrogen-bond donors (Lipinski definition) is 0. The van der Waals surface area contributed by atoms with Crippen molar-refractivity contribution in [3.63, 3.8) is 0 Å². The molecular weight excluding hydrogens is 298 g/mol. The summed E-state index contributed by atoms with van der Waals surface area (Å²) >= 11 is 0. The molecule has 2 rings (SSSR count). The predicted molar refractivity (Wildman–Crippen MR) is 78.4 cm³/mol. The molecule has 0 amide bonds. The van der Waals surface area contributed by atoms with Crippen molar-refractivity contribution in [1.82, 2.24) is 14.8 Å². The van der Waals surface area contributed by atoms with Gasteiger partial charge in [-0.15, -0.1) is 10.2 Å². The van der Waals surface area contributed by atoms with Gasteiger partial charge in [0.2, 0.25) is 0 Å². The Balaban J connectivity index is 1.93. The minimum Gasteiger partial charge on any atom is -0.298 e. The van der Waals surface area contributed by atoms with Crippen molar-refractivity contribution in [2.45, 2.75) is 75.9 Å². The van der Waals surface area contributed by atoms with E-state index in [0.29, 0.717) is 0 Å². The monoisotopic (exact) mass is 319 g/mol. The molecule has 0 aliphatic heterocycles. The van der Waals surface area contributed by atoms with Gasteiger partial charge in [-0.3, -0.25) is 4.57 Å². The van der Waals surface area contributed by atoms with E-state index in [1.165, 1.54) is 25.7 Å². The Labute approximate surface area is 125 Å². The van der Waals surface area contributed by atoms with Gasteiger partial charge in [0.05, 0.1) is 0 Å². The topological polar surface area (TPSA) is 64.8 Å². The average Bonchev–Trinajstić information content (AvgIpc) is 3.12. The third-order valence-corrected chi connectivity index (χ3v) is 4.75. The smallest absolute Gasteiger partial charge is 0.296 e. The van der Waals surface area contributed by atoms with Crippen LogP contribution in [0.2, 0.25) is 0 Å². The summed E-state index contributed by atoms with van der Waals surface area (Å²) in [4.78, 5) is 0. The molecule has 20 heavy (non-hydrogen) atoms. The van der Waals surface area contributed by atoms with E-state index in [-0.39, 0.29) is 11.2 Å². The Bertz CT molecular complexity index is 538. The van der Waals surface area contributed by atoms with E-state index in [2.05, 4.69) is 17.1 Å². The van der Waals surface area contributed by atoms with Crippen LogP contribution in [0.4, 0.5) is 0 Å². The molecular formula is C13H22ClN3O2S. The maximum Gasteiger partial charge on any atom is 0.296 e. The first kappa shape index (κ1) is 15.8. The molecule has 0 atom stereocenters. The Hall–Kier alpha value is -0.620. The van der Waals surface area contributed by atoms with E-state index in [1.807, 2.05) is 0 Å². The molecule has 5 nitrogen and oxygen atoms in total. The second kappa shape index (κ2) is 6.89. The number of hydrogen-bond acceptors (Lipinski definition) is 4. The molecule has 0 saturated heterocycles. The summed E-state index contributed by atoms with van der Waals surface area (Å²) in [6, 6.07) is 0.226. The van der Waals surface area contributed by atoms with Gasteiger partial charge in [-0.1, -0.05) is 39.0 Å². The molecule has 1 saturated carbocycles. The quantitative estimate of drug-likeness (QED) is 0.516. The minimum atomic E-state index is -3.80. The Kier molecular flexibility index (Phi) is 5.43. The number of aromatic nitrogens is 3. The summed E-state index contributed by atoms with van der Waals surface area (Å²) in [5, 5.41) is 7.72.